The Morgan fingerprint density at radius 1 is 1.10 bits per heavy atom. The third-order valence-electron chi connectivity index (χ3n) is 3.90. The second kappa shape index (κ2) is 5.90. The average Bonchev–Trinajstić information content (AvgIpc) is 2.79. The first-order valence-corrected chi connectivity index (χ1v) is 8.21. The van der Waals surface area contributed by atoms with Crippen molar-refractivity contribution < 1.29 is 0 Å². The maximum absolute atomic E-state index is 6.09. The van der Waals surface area contributed by atoms with Crippen molar-refractivity contribution in [2.75, 3.05) is 24.3 Å². The minimum absolute atomic E-state index is 0.423. The summed E-state index contributed by atoms with van der Waals surface area (Å²) in [5.41, 5.74) is 5.13. The van der Waals surface area contributed by atoms with Crippen LogP contribution < -0.4 is 10.2 Å². The number of nitrogens with zero attached hydrogens (tertiary/aromatic N) is 1. The zero-order valence-electron chi connectivity index (χ0n) is 12.2. The summed E-state index contributed by atoms with van der Waals surface area (Å²) in [7, 11) is 4.13. The first-order chi connectivity index (χ1) is 10.0. The molecule has 2 nitrogen and oxygen atoms in total. The van der Waals surface area contributed by atoms with Gasteiger partial charge in [-0.15, -0.1) is 0 Å². The van der Waals surface area contributed by atoms with Gasteiger partial charge in [0.2, 0.25) is 0 Å². The van der Waals surface area contributed by atoms with Crippen LogP contribution in [0.25, 0.3) is 0 Å². The quantitative estimate of drug-likeness (QED) is 0.844. The molecule has 0 fully saturated rings. The zero-order chi connectivity index (χ0) is 15.0. The Morgan fingerprint density at radius 3 is 2.62 bits per heavy atom. The van der Waals surface area contributed by atoms with Crippen molar-refractivity contribution in [1.29, 1.82) is 0 Å². The van der Waals surface area contributed by atoms with E-state index in [4.69, 9.17) is 11.6 Å². The topological polar surface area (TPSA) is 15.3 Å². The average molecular weight is 366 g/mol. The maximum Gasteiger partial charge on any atom is 0.0597 e. The summed E-state index contributed by atoms with van der Waals surface area (Å²) < 4.78 is 1.09. The van der Waals surface area contributed by atoms with Gasteiger partial charge in [0.25, 0.3) is 0 Å². The fourth-order valence-corrected chi connectivity index (χ4v) is 3.48. The molecule has 1 unspecified atom stereocenters. The molecular weight excluding hydrogens is 348 g/mol. The molecule has 0 amide bonds. The summed E-state index contributed by atoms with van der Waals surface area (Å²) in [6.45, 7) is 0. The number of hydrogen-bond acceptors (Lipinski definition) is 2. The smallest absolute Gasteiger partial charge is 0.0597 e. The Morgan fingerprint density at radius 2 is 1.86 bits per heavy atom. The molecule has 21 heavy (non-hydrogen) atoms. The van der Waals surface area contributed by atoms with Crippen molar-refractivity contribution in [3.05, 3.63) is 57.0 Å². The highest BCUT2D eigenvalue weighted by Crippen LogP contribution is 2.32. The van der Waals surface area contributed by atoms with Crippen LogP contribution in [0.4, 0.5) is 11.4 Å². The summed E-state index contributed by atoms with van der Waals surface area (Å²) in [5, 5.41) is 4.51. The van der Waals surface area contributed by atoms with Crippen molar-refractivity contribution in [1.82, 2.24) is 0 Å². The van der Waals surface area contributed by atoms with E-state index in [9.17, 15) is 0 Å². The lowest BCUT2D eigenvalue weighted by Gasteiger charge is -2.22. The first kappa shape index (κ1) is 14.7. The van der Waals surface area contributed by atoms with Crippen molar-refractivity contribution in [2.24, 2.45) is 0 Å². The third-order valence-corrected chi connectivity index (χ3v) is 4.63. The molecule has 2 aromatic rings. The minimum atomic E-state index is 0.423. The fourth-order valence-electron chi connectivity index (χ4n) is 2.92. The van der Waals surface area contributed by atoms with Crippen molar-refractivity contribution in [2.45, 2.75) is 18.9 Å². The molecule has 1 N–H and O–H groups in total. The molecule has 0 saturated heterocycles. The van der Waals surface area contributed by atoms with Crippen LogP contribution in [0.3, 0.4) is 0 Å². The Bertz CT molecular complexity index is 670. The highest BCUT2D eigenvalue weighted by molar-refractivity contribution is 9.10. The van der Waals surface area contributed by atoms with Gasteiger partial charge in [-0.1, -0.05) is 33.6 Å². The number of fused-ring (bicyclic) bond motifs is 1. The van der Waals surface area contributed by atoms with Gasteiger partial charge in [-0.25, -0.2) is 0 Å². The van der Waals surface area contributed by atoms with Crippen LogP contribution in [-0.2, 0) is 12.8 Å². The second-order valence-electron chi connectivity index (χ2n) is 5.72. The maximum atomic E-state index is 6.09. The number of nitrogens with one attached hydrogen (secondary N) is 1. The van der Waals surface area contributed by atoms with Gasteiger partial charge >= 0.3 is 0 Å². The van der Waals surface area contributed by atoms with E-state index in [0.717, 1.165) is 22.3 Å². The van der Waals surface area contributed by atoms with E-state index in [1.807, 2.05) is 6.07 Å². The Labute approximate surface area is 139 Å². The molecule has 0 spiro atoms. The van der Waals surface area contributed by atoms with E-state index in [2.05, 4.69) is 70.6 Å². The summed E-state index contributed by atoms with van der Waals surface area (Å²) in [6.07, 6.45) is 2.07. The predicted molar refractivity (Wildman–Crippen MR) is 94.7 cm³/mol. The summed E-state index contributed by atoms with van der Waals surface area (Å²) in [4.78, 5) is 2.13. The first-order valence-electron chi connectivity index (χ1n) is 7.03. The minimum Gasteiger partial charge on any atom is -0.380 e. The lowest BCUT2D eigenvalue weighted by atomic mass is 10.1. The summed E-state index contributed by atoms with van der Waals surface area (Å²) >= 11 is 9.64. The molecule has 0 heterocycles. The molecule has 110 valence electrons. The van der Waals surface area contributed by atoms with Gasteiger partial charge in [0.05, 0.1) is 11.4 Å². The molecule has 0 aliphatic heterocycles. The molecule has 1 aliphatic carbocycles. The molecule has 2 aromatic carbocycles. The largest absolute Gasteiger partial charge is 0.380 e. The normalized spacial score (nSPS) is 16.7. The standard InChI is InChI=1S/C17H18BrClN2/c1-21(2)17-6-4-13(18)10-16(17)20-15-8-11-3-5-14(19)7-12(11)9-15/h3-7,10,15,20H,8-9H2,1-2H3. The molecule has 1 atom stereocenters. The van der Waals surface area contributed by atoms with Crippen LogP contribution in [0.15, 0.2) is 40.9 Å². The molecule has 0 aromatic heterocycles. The molecule has 1 aliphatic rings. The van der Waals surface area contributed by atoms with Crippen molar-refractivity contribution in [3.63, 3.8) is 0 Å². The molecule has 0 bridgehead atoms. The van der Waals surface area contributed by atoms with Crippen LogP contribution in [0.2, 0.25) is 5.02 Å². The van der Waals surface area contributed by atoms with Gasteiger partial charge in [-0.2, -0.15) is 0 Å². The lowest BCUT2D eigenvalue weighted by Crippen LogP contribution is -2.21. The van der Waals surface area contributed by atoms with E-state index in [0.29, 0.717) is 6.04 Å². The third kappa shape index (κ3) is 3.19. The zero-order valence-corrected chi connectivity index (χ0v) is 14.5. The van der Waals surface area contributed by atoms with E-state index < -0.39 is 0 Å². The molecule has 0 saturated carbocycles. The van der Waals surface area contributed by atoms with Crippen LogP contribution in [0.5, 0.6) is 0 Å². The number of hydrogen-bond donors (Lipinski definition) is 1. The van der Waals surface area contributed by atoms with Gasteiger partial charge in [0.15, 0.2) is 0 Å². The number of anilines is 2. The molecular formula is C17H18BrClN2. The molecule has 0 radical (unpaired) electrons. The van der Waals surface area contributed by atoms with Crippen LogP contribution in [0, 0.1) is 0 Å². The SMILES string of the molecule is CN(C)c1ccc(Br)cc1NC1Cc2ccc(Cl)cc2C1. The van der Waals surface area contributed by atoms with Crippen LogP contribution in [0.1, 0.15) is 11.1 Å². The van der Waals surface area contributed by atoms with Gasteiger partial charge < -0.3 is 10.2 Å². The number of rotatable bonds is 3. The van der Waals surface area contributed by atoms with E-state index >= 15 is 0 Å². The summed E-state index contributed by atoms with van der Waals surface area (Å²) in [5.74, 6) is 0. The second-order valence-corrected chi connectivity index (χ2v) is 7.07. The number of benzene rings is 2. The van der Waals surface area contributed by atoms with E-state index in [1.54, 1.807) is 0 Å². The van der Waals surface area contributed by atoms with Crippen LogP contribution in [-0.4, -0.2) is 20.1 Å². The Balaban J connectivity index is 1.81. The Hall–Kier alpha value is -1.19. The highest BCUT2D eigenvalue weighted by atomic mass is 79.9. The highest BCUT2D eigenvalue weighted by Gasteiger charge is 2.22. The fraction of sp³-hybridized carbons (Fsp3) is 0.294. The Kier molecular flexibility index (Phi) is 4.14. The van der Waals surface area contributed by atoms with Gasteiger partial charge in [0, 0.05) is 29.6 Å². The predicted octanol–water partition coefficient (Wildman–Crippen LogP) is 4.75. The summed E-state index contributed by atoms with van der Waals surface area (Å²) in [6, 6.07) is 13.0. The van der Waals surface area contributed by atoms with Gasteiger partial charge in [-0.05, 0) is 54.3 Å². The van der Waals surface area contributed by atoms with Gasteiger partial charge in [-0.3, -0.25) is 0 Å². The lowest BCUT2D eigenvalue weighted by molar-refractivity contribution is 0.774. The van der Waals surface area contributed by atoms with E-state index in [1.165, 1.54) is 22.5 Å². The van der Waals surface area contributed by atoms with Gasteiger partial charge in [0.1, 0.15) is 0 Å². The monoisotopic (exact) mass is 364 g/mol. The van der Waals surface area contributed by atoms with Crippen molar-refractivity contribution in [3.8, 4) is 0 Å². The molecule has 4 heteroatoms. The molecule has 3 rings (SSSR count). The number of halogens is 2. The van der Waals surface area contributed by atoms with Crippen LogP contribution >= 0.6 is 27.5 Å². The van der Waals surface area contributed by atoms with E-state index in [-0.39, 0.29) is 0 Å². The van der Waals surface area contributed by atoms with Crippen molar-refractivity contribution >= 4 is 38.9 Å².